The Kier molecular flexibility index (Phi) is 7.13. The van der Waals surface area contributed by atoms with E-state index in [0.717, 1.165) is 10.6 Å². The fourth-order valence-electron chi connectivity index (χ4n) is 3.12. The van der Waals surface area contributed by atoms with E-state index in [4.69, 9.17) is 9.47 Å². The summed E-state index contributed by atoms with van der Waals surface area (Å²) in [4.78, 5) is 26.7. The molecule has 1 heterocycles. The number of carbonyl (C=O) groups is 2. The zero-order valence-electron chi connectivity index (χ0n) is 17.4. The topological polar surface area (TPSA) is 105 Å². The molecule has 0 radical (unpaired) electrons. The van der Waals surface area contributed by atoms with Crippen LogP contribution in [0.3, 0.4) is 0 Å². The highest BCUT2D eigenvalue weighted by atomic mass is 32.2. The molecule has 1 aliphatic rings. The standard InChI is InChI=1S/C21H25N3O6S/c1-29-19-9-5-17(6-10-19)22-20(25)15-24(31(2,27)28)18-7-3-16(4-8-18)21(26)23-11-13-30-14-12-23/h3-10H,11-15H2,1-2H3,(H,22,25). The predicted octanol–water partition coefficient (Wildman–Crippen LogP) is 1.57. The Balaban J connectivity index is 1.71. The monoisotopic (exact) mass is 447 g/mol. The maximum atomic E-state index is 12.6. The van der Waals surface area contributed by atoms with Crippen molar-refractivity contribution in [1.82, 2.24) is 4.90 Å². The van der Waals surface area contributed by atoms with Gasteiger partial charge in [0.25, 0.3) is 5.91 Å². The lowest BCUT2D eigenvalue weighted by Gasteiger charge is -2.27. The lowest BCUT2D eigenvalue weighted by Crippen LogP contribution is -2.40. The van der Waals surface area contributed by atoms with Gasteiger partial charge in [-0.2, -0.15) is 0 Å². The Hall–Kier alpha value is -3.11. The largest absolute Gasteiger partial charge is 0.497 e. The highest BCUT2D eigenvalue weighted by Crippen LogP contribution is 2.20. The molecule has 0 saturated carbocycles. The second-order valence-electron chi connectivity index (χ2n) is 7.00. The first-order valence-electron chi connectivity index (χ1n) is 9.66. The van der Waals surface area contributed by atoms with E-state index in [1.165, 1.54) is 19.2 Å². The number of carbonyl (C=O) groups excluding carboxylic acids is 2. The molecule has 166 valence electrons. The Morgan fingerprint density at radius 3 is 2.23 bits per heavy atom. The normalized spacial score (nSPS) is 14.1. The van der Waals surface area contributed by atoms with E-state index in [9.17, 15) is 18.0 Å². The van der Waals surface area contributed by atoms with Crippen LogP contribution >= 0.6 is 0 Å². The van der Waals surface area contributed by atoms with Crippen molar-refractivity contribution in [3.05, 3.63) is 54.1 Å². The maximum Gasteiger partial charge on any atom is 0.254 e. The van der Waals surface area contributed by atoms with E-state index >= 15 is 0 Å². The molecule has 1 fully saturated rings. The van der Waals surface area contributed by atoms with Gasteiger partial charge in [0.1, 0.15) is 12.3 Å². The summed E-state index contributed by atoms with van der Waals surface area (Å²) in [6.45, 7) is 1.62. The first-order valence-corrected chi connectivity index (χ1v) is 11.5. The van der Waals surface area contributed by atoms with Crippen LogP contribution in [0.2, 0.25) is 0 Å². The van der Waals surface area contributed by atoms with Crippen LogP contribution in [0, 0.1) is 0 Å². The molecule has 0 unspecified atom stereocenters. The number of nitrogens with one attached hydrogen (secondary N) is 1. The molecule has 2 aromatic carbocycles. The maximum absolute atomic E-state index is 12.6. The van der Waals surface area contributed by atoms with Crippen molar-refractivity contribution < 1.29 is 27.5 Å². The quantitative estimate of drug-likeness (QED) is 0.691. The van der Waals surface area contributed by atoms with Crippen molar-refractivity contribution in [2.75, 3.05) is 55.8 Å². The Morgan fingerprint density at radius 1 is 1.06 bits per heavy atom. The van der Waals surface area contributed by atoms with E-state index in [1.807, 2.05) is 0 Å². The van der Waals surface area contributed by atoms with Crippen molar-refractivity contribution in [3.63, 3.8) is 0 Å². The van der Waals surface area contributed by atoms with Crippen LogP contribution in [0.4, 0.5) is 11.4 Å². The van der Waals surface area contributed by atoms with Gasteiger partial charge in [0.15, 0.2) is 0 Å². The van der Waals surface area contributed by atoms with Gasteiger partial charge in [-0.1, -0.05) is 0 Å². The summed E-state index contributed by atoms with van der Waals surface area (Å²) in [5.41, 5.74) is 1.26. The predicted molar refractivity (Wildman–Crippen MR) is 117 cm³/mol. The first-order chi connectivity index (χ1) is 14.8. The lowest BCUT2D eigenvalue weighted by molar-refractivity contribution is -0.114. The highest BCUT2D eigenvalue weighted by molar-refractivity contribution is 7.92. The molecule has 9 nitrogen and oxygen atoms in total. The minimum absolute atomic E-state index is 0.141. The van der Waals surface area contributed by atoms with Gasteiger partial charge in [-0.05, 0) is 48.5 Å². The Morgan fingerprint density at radius 2 is 1.68 bits per heavy atom. The molecule has 10 heteroatoms. The van der Waals surface area contributed by atoms with Crippen LogP contribution in [-0.2, 0) is 19.6 Å². The average molecular weight is 448 g/mol. The molecular formula is C21H25N3O6S. The van der Waals surface area contributed by atoms with E-state index < -0.39 is 22.5 Å². The fourth-order valence-corrected chi connectivity index (χ4v) is 3.98. The van der Waals surface area contributed by atoms with Gasteiger partial charge in [-0.25, -0.2) is 8.42 Å². The molecule has 3 rings (SSSR count). The van der Waals surface area contributed by atoms with E-state index in [1.54, 1.807) is 41.3 Å². The molecule has 1 aliphatic heterocycles. The number of sulfonamides is 1. The van der Waals surface area contributed by atoms with Crippen LogP contribution in [0.25, 0.3) is 0 Å². The summed E-state index contributed by atoms with van der Waals surface area (Å²) in [6.07, 6.45) is 1.03. The van der Waals surface area contributed by atoms with Crippen molar-refractivity contribution in [1.29, 1.82) is 0 Å². The van der Waals surface area contributed by atoms with Gasteiger partial charge in [0.05, 0.1) is 32.3 Å². The van der Waals surface area contributed by atoms with E-state index in [0.29, 0.717) is 49.0 Å². The number of nitrogens with zero attached hydrogens (tertiary/aromatic N) is 2. The van der Waals surface area contributed by atoms with Gasteiger partial charge >= 0.3 is 0 Å². The number of anilines is 2. The van der Waals surface area contributed by atoms with Crippen LogP contribution in [0.1, 0.15) is 10.4 Å². The smallest absolute Gasteiger partial charge is 0.254 e. The van der Waals surface area contributed by atoms with Crippen molar-refractivity contribution >= 4 is 33.2 Å². The molecule has 31 heavy (non-hydrogen) atoms. The van der Waals surface area contributed by atoms with Crippen LogP contribution in [-0.4, -0.2) is 71.3 Å². The second kappa shape index (κ2) is 9.80. The summed E-state index contributed by atoms with van der Waals surface area (Å²) >= 11 is 0. The van der Waals surface area contributed by atoms with Gasteiger partial charge < -0.3 is 19.7 Å². The van der Waals surface area contributed by atoms with Crippen LogP contribution in [0.5, 0.6) is 5.75 Å². The minimum atomic E-state index is -3.73. The lowest BCUT2D eigenvalue weighted by atomic mass is 10.1. The molecule has 0 spiro atoms. The SMILES string of the molecule is COc1ccc(NC(=O)CN(c2ccc(C(=O)N3CCOCC3)cc2)S(C)(=O)=O)cc1. The third-order valence-electron chi connectivity index (χ3n) is 4.76. The summed E-state index contributed by atoms with van der Waals surface area (Å²) in [6, 6.07) is 12.9. The van der Waals surface area contributed by atoms with E-state index in [2.05, 4.69) is 5.32 Å². The summed E-state index contributed by atoms with van der Waals surface area (Å²) in [7, 11) is -2.19. The first kappa shape index (κ1) is 22.6. The molecule has 2 aromatic rings. The molecule has 0 aromatic heterocycles. The molecule has 2 amide bonds. The van der Waals surface area contributed by atoms with Gasteiger partial charge in [0, 0.05) is 24.3 Å². The minimum Gasteiger partial charge on any atom is -0.497 e. The average Bonchev–Trinajstić information content (AvgIpc) is 2.77. The number of benzene rings is 2. The number of morpholine rings is 1. The van der Waals surface area contributed by atoms with Crippen molar-refractivity contribution in [2.45, 2.75) is 0 Å². The van der Waals surface area contributed by atoms with Crippen molar-refractivity contribution in [3.8, 4) is 5.75 Å². The number of hydrogen-bond acceptors (Lipinski definition) is 6. The van der Waals surface area contributed by atoms with Crippen LogP contribution in [0.15, 0.2) is 48.5 Å². The molecule has 0 bridgehead atoms. The van der Waals surface area contributed by atoms with E-state index in [-0.39, 0.29) is 5.91 Å². The molecule has 0 atom stereocenters. The second-order valence-corrected chi connectivity index (χ2v) is 8.90. The number of amides is 2. The summed E-state index contributed by atoms with van der Waals surface area (Å²) in [5, 5.41) is 2.66. The number of hydrogen-bond donors (Lipinski definition) is 1. The third kappa shape index (κ3) is 5.96. The zero-order chi connectivity index (χ0) is 22.4. The summed E-state index contributed by atoms with van der Waals surface area (Å²) in [5.74, 6) is 0.00421. The van der Waals surface area contributed by atoms with Gasteiger partial charge in [-0.3, -0.25) is 13.9 Å². The van der Waals surface area contributed by atoms with Gasteiger partial charge in [0.2, 0.25) is 15.9 Å². The summed E-state index contributed by atoms with van der Waals surface area (Å²) < 4.78 is 35.9. The van der Waals surface area contributed by atoms with Gasteiger partial charge in [-0.15, -0.1) is 0 Å². The van der Waals surface area contributed by atoms with Crippen LogP contribution < -0.4 is 14.4 Å². The molecule has 0 aliphatic carbocycles. The third-order valence-corrected chi connectivity index (χ3v) is 5.90. The fraction of sp³-hybridized carbons (Fsp3) is 0.333. The van der Waals surface area contributed by atoms with Crippen molar-refractivity contribution in [2.24, 2.45) is 0 Å². The number of rotatable bonds is 7. The molecular weight excluding hydrogens is 422 g/mol. The highest BCUT2D eigenvalue weighted by Gasteiger charge is 2.23. The molecule has 1 saturated heterocycles. The zero-order valence-corrected chi connectivity index (χ0v) is 18.2. The number of methoxy groups -OCH3 is 1. The molecule has 1 N–H and O–H groups in total. The Bertz CT molecular complexity index is 1020. The number of ether oxygens (including phenoxy) is 2. The Labute approximate surface area is 181 Å².